The van der Waals surface area contributed by atoms with Crippen LogP contribution in [0.1, 0.15) is 38.1 Å². The van der Waals surface area contributed by atoms with Crippen LogP contribution in [-0.2, 0) is 17.8 Å². The summed E-state index contributed by atoms with van der Waals surface area (Å²) in [5.74, 6) is 1.50. The van der Waals surface area contributed by atoms with E-state index < -0.39 is 0 Å². The molecule has 0 N–H and O–H groups in total. The molecule has 0 aliphatic heterocycles. The fourth-order valence-corrected chi connectivity index (χ4v) is 3.17. The molecule has 3 rings (SSSR count). The molecule has 0 aliphatic carbocycles. The average Bonchev–Trinajstić information content (AvgIpc) is 3.38. The zero-order valence-electron chi connectivity index (χ0n) is 14.3. The van der Waals surface area contributed by atoms with E-state index in [1.54, 1.807) is 29.7 Å². The maximum absolute atomic E-state index is 12.7. The van der Waals surface area contributed by atoms with E-state index >= 15 is 0 Å². The van der Waals surface area contributed by atoms with E-state index in [4.69, 9.17) is 8.94 Å². The van der Waals surface area contributed by atoms with E-state index in [9.17, 15) is 4.79 Å². The lowest BCUT2D eigenvalue weighted by Gasteiger charge is -2.28. The monoisotopic (exact) mass is 359 g/mol. The summed E-state index contributed by atoms with van der Waals surface area (Å²) in [4.78, 5) is 18.9. The standard InChI is InChI=1S/C18H21N3O3S/c1-3-13(2)21(11-14-8-10-25-12-14)17(22)7-6-16-19-18(20-24-16)15-5-4-9-23-15/h4-5,8-10,12-13H,3,6-7,11H2,1-2H3/t13-/m0/s1. The number of thiophene rings is 1. The van der Waals surface area contributed by atoms with Crippen molar-refractivity contribution in [3.63, 3.8) is 0 Å². The van der Waals surface area contributed by atoms with Gasteiger partial charge in [0.25, 0.3) is 0 Å². The van der Waals surface area contributed by atoms with Crippen LogP contribution >= 0.6 is 11.3 Å². The maximum Gasteiger partial charge on any atom is 0.238 e. The Labute approximate surface area is 150 Å². The molecule has 7 heteroatoms. The summed E-state index contributed by atoms with van der Waals surface area (Å²) in [6, 6.07) is 5.78. The molecule has 0 unspecified atom stereocenters. The minimum atomic E-state index is 0.0956. The van der Waals surface area contributed by atoms with Crippen LogP contribution in [0.25, 0.3) is 11.6 Å². The van der Waals surface area contributed by atoms with E-state index in [0.29, 0.717) is 36.9 Å². The van der Waals surface area contributed by atoms with Crippen molar-refractivity contribution < 1.29 is 13.7 Å². The van der Waals surface area contributed by atoms with Gasteiger partial charge in [-0.15, -0.1) is 0 Å². The maximum atomic E-state index is 12.7. The van der Waals surface area contributed by atoms with Gasteiger partial charge in [-0.3, -0.25) is 4.79 Å². The summed E-state index contributed by atoms with van der Waals surface area (Å²) in [6.07, 6.45) is 3.24. The summed E-state index contributed by atoms with van der Waals surface area (Å²) in [5, 5.41) is 8.00. The Morgan fingerprint density at radius 3 is 2.96 bits per heavy atom. The number of carbonyl (C=O) groups is 1. The minimum absolute atomic E-state index is 0.0956. The Balaban J connectivity index is 1.61. The molecule has 1 amide bonds. The van der Waals surface area contributed by atoms with Crippen LogP contribution in [0.4, 0.5) is 0 Å². The van der Waals surface area contributed by atoms with Crippen molar-refractivity contribution in [2.75, 3.05) is 0 Å². The molecule has 1 atom stereocenters. The lowest BCUT2D eigenvalue weighted by atomic mass is 10.1. The van der Waals surface area contributed by atoms with Gasteiger partial charge < -0.3 is 13.8 Å². The summed E-state index contributed by atoms with van der Waals surface area (Å²) in [7, 11) is 0. The van der Waals surface area contributed by atoms with Gasteiger partial charge in [0, 0.05) is 25.4 Å². The third-order valence-electron chi connectivity index (χ3n) is 4.14. The Bertz CT molecular complexity index is 780. The molecule has 25 heavy (non-hydrogen) atoms. The first-order chi connectivity index (χ1) is 12.2. The highest BCUT2D eigenvalue weighted by atomic mass is 32.1. The van der Waals surface area contributed by atoms with E-state index in [1.165, 1.54) is 0 Å². The average molecular weight is 359 g/mol. The largest absolute Gasteiger partial charge is 0.461 e. The highest BCUT2D eigenvalue weighted by Crippen LogP contribution is 2.18. The zero-order valence-corrected chi connectivity index (χ0v) is 15.2. The molecule has 3 aromatic rings. The third-order valence-corrected chi connectivity index (χ3v) is 4.87. The zero-order chi connectivity index (χ0) is 17.6. The summed E-state index contributed by atoms with van der Waals surface area (Å²) < 4.78 is 10.5. The molecule has 0 saturated heterocycles. The van der Waals surface area contributed by atoms with Crippen molar-refractivity contribution in [1.29, 1.82) is 0 Å². The van der Waals surface area contributed by atoms with Crippen molar-refractivity contribution in [1.82, 2.24) is 15.0 Å². The van der Waals surface area contributed by atoms with Gasteiger partial charge in [-0.2, -0.15) is 16.3 Å². The fourth-order valence-electron chi connectivity index (χ4n) is 2.51. The van der Waals surface area contributed by atoms with Gasteiger partial charge in [-0.05, 0) is 47.9 Å². The first kappa shape index (κ1) is 17.4. The predicted octanol–water partition coefficient (Wildman–Crippen LogP) is 4.15. The third kappa shape index (κ3) is 4.36. The van der Waals surface area contributed by atoms with Gasteiger partial charge in [-0.25, -0.2) is 0 Å². The van der Waals surface area contributed by atoms with Crippen molar-refractivity contribution in [2.45, 2.75) is 45.7 Å². The molecule has 0 saturated carbocycles. The van der Waals surface area contributed by atoms with E-state index in [2.05, 4.69) is 35.4 Å². The predicted molar refractivity (Wildman–Crippen MR) is 94.9 cm³/mol. The number of aromatic nitrogens is 2. The van der Waals surface area contributed by atoms with Crippen LogP contribution in [0.15, 0.2) is 44.2 Å². The molecule has 0 spiro atoms. The van der Waals surface area contributed by atoms with Gasteiger partial charge in [0.15, 0.2) is 5.76 Å². The Hall–Kier alpha value is -2.41. The molecule has 3 heterocycles. The number of hydrogen-bond donors (Lipinski definition) is 0. The number of hydrogen-bond acceptors (Lipinski definition) is 6. The topological polar surface area (TPSA) is 72.4 Å². The van der Waals surface area contributed by atoms with Crippen LogP contribution in [0, 0.1) is 0 Å². The lowest BCUT2D eigenvalue weighted by molar-refractivity contribution is -0.134. The van der Waals surface area contributed by atoms with Gasteiger partial charge in [0.2, 0.25) is 17.6 Å². The fraction of sp³-hybridized carbons (Fsp3) is 0.389. The van der Waals surface area contributed by atoms with Crippen LogP contribution in [0.5, 0.6) is 0 Å². The van der Waals surface area contributed by atoms with Gasteiger partial charge in [0.1, 0.15) is 0 Å². The Kier molecular flexibility index (Phi) is 5.65. The van der Waals surface area contributed by atoms with Crippen LogP contribution < -0.4 is 0 Å². The Morgan fingerprint density at radius 1 is 1.40 bits per heavy atom. The number of nitrogens with zero attached hydrogens (tertiary/aromatic N) is 3. The van der Waals surface area contributed by atoms with Gasteiger partial charge in [-0.1, -0.05) is 12.1 Å². The van der Waals surface area contributed by atoms with Crippen LogP contribution in [0.2, 0.25) is 0 Å². The molecule has 6 nitrogen and oxygen atoms in total. The number of furan rings is 1. The summed E-state index contributed by atoms with van der Waals surface area (Å²) in [5.41, 5.74) is 1.16. The highest BCUT2D eigenvalue weighted by molar-refractivity contribution is 7.07. The number of aryl methyl sites for hydroxylation is 1. The molecule has 0 bridgehead atoms. The van der Waals surface area contributed by atoms with Crippen molar-refractivity contribution in [3.05, 3.63) is 46.7 Å². The smallest absolute Gasteiger partial charge is 0.238 e. The first-order valence-corrected chi connectivity index (χ1v) is 9.28. The molecule has 0 fully saturated rings. The number of carbonyl (C=O) groups excluding carboxylic acids is 1. The SMILES string of the molecule is CC[C@H](C)N(Cc1ccsc1)C(=O)CCc1nc(-c2ccco2)no1. The molecule has 0 aromatic carbocycles. The minimum Gasteiger partial charge on any atom is -0.461 e. The highest BCUT2D eigenvalue weighted by Gasteiger charge is 2.20. The van der Waals surface area contributed by atoms with Crippen molar-refractivity contribution in [3.8, 4) is 11.6 Å². The lowest BCUT2D eigenvalue weighted by Crippen LogP contribution is -2.37. The quantitative estimate of drug-likeness (QED) is 0.604. The normalized spacial score (nSPS) is 12.2. The summed E-state index contributed by atoms with van der Waals surface area (Å²) >= 11 is 1.64. The van der Waals surface area contributed by atoms with Crippen LogP contribution in [0.3, 0.4) is 0 Å². The molecule has 0 radical (unpaired) electrons. The van der Waals surface area contributed by atoms with E-state index in [-0.39, 0.29) is 11.9 Å². The molecular weight excluding hydrogens is 338 g/mol. The molecular formula is C18H21N3O3S. The second kappa shape index (κ2) is 8.11. The second-order valence-corrected chi connectivity index (χ2v) is 6.68. The van der Waals surface area contributed by atoms with E-state index in [0.717, 1.165) is 12.0 Å². The first-order valence-electron chi connectivity index (χ1n) is 8.34. The van der Waals surface area contributed by atoms with Crippen molar-refractivity contribution in [2.24, 2.45) is 0 Å². The summed E-state index contributed by atoms with van der Waals surface area (Å²) in [6.45, 7) is 4.80. The molecule has 132 valence electrons. The number of amides is 1. The van der Waals surface area contributed by atoms with E-state index in [1.807, 2.05) is 10.3 Å². The van der Waals surface area contributed by atoms with Gasteiger partial charge >= 0.3 is 0 Å². The van der Waals surface area contributed by atoms with Gasteiger partial charge in [0.05, 0.1) is 6.26 Å². The second-order valence-electron chi connectivity index (χ2n) is 5.90. The molecule has 3 aromatic heterocycles. The van der Waals surface area contributed by atoms with Crippen molar-refractivity contribution >= 4 is 17.2 Å². The van der Waals surface area contributed by atoms with Crippen LogP contribution in [-0.4, -0.2) is 27.0 Å². The molecule has 0 aliphatic rings. The Morgan fingerprint density at radius 2 is 2.28 bits per heavy atom. The number of rotatable bonds is 8.